The molecule has 1 aliphatic heterocycles. The van der Waals surface area contributed by atoms with E-state index in [9.17, 15) is 14.4 Å². The van der Waals surface area contributed by atoms with Gasteiger partial charge in [0.1, 0.15) is 0 Å². The molecule has 1 heterocycles. The van der Waals surface area contributed by atoms with Crippen molar-refractivity contribution in [3.8, 4) is 0 Å². The van der Waals surface area contributed by atoms with Crippen molar-refractivity contribution in [1.29, 1.82) is 0 Å². The molecule has 0 aromatic heterocycles. The molecule has 3 amide bonds. The Kier molecular flexibility index (Phi) is 7.18. The Balaban J connectivity index is 1.98. The Hall–Kier alpha value is -2.37. The molecule has 6 nitrogen and oxygen atoms in total. The summed E-state index contributed by atoms with van der Waals surface area (Å²) in [5.74, 6) is 0.123. The fourth-order valence-electron chi connectivity index (χ4n) is 3.32. The molecule has 0 bridgehead atoms. The maximum atomic E-state index is 12.7. The Morgan fingerprint density at radius 3 is 2.12 bits per heavy atom. The molecule has 1 saturated heterocycles. The second-order valence-corrected chi connectivity index (χ2v) is 6.74. The molecule has 0 saturated carbocycles. The van der Waals surface area contributed by atoms with Crippen molar-refractivity contribution in [2.45, 2.75) is 40.0 Å². The van der Waals surface area contributed by atoms with E-state index in [1.807, 2.05) is 23.6 Å². The lowest BCUT2D eigenvalue weighted by molar-refractivity contribution is -0.135. The van der Waals surface area contributed by atoms with Gasteiger partial charge in [-0.05, 0) is 43.5 Å². The zero-order chi connectivity index (χ0) is 19.1. The van der Waals surface area contributed by atoms with Crippen LogP contribution in [0, 0.1) is 5.92 Å². The summed E-state index contributed by atoms with van der Waals surface area (Å²) in [6, 6.07) is 6.92. The second-order valence-electron chi connectivity index (χ2n) is 6.74. The first-order chi connectivity index (χ1) is 12.5. The van der Waals surface area contributed by atoms with Gasteiger partial charge in [0.2, 0.25) is 11.8 Å². The number of amides is 3. The molecule has 6 heteroatoms. The molecule has 1 N–H and O–H groups in total. The molecule has 0 unspecified atom stereocenters. The van der Waals surface area contributed by atoms with E-state index in [4.69, 9.17) is 0 Å². The maximum absolute atomic E-state index is 12.7. The van der Waals surface area contributed by atoms with Crippen molar-refractivity contribution in [2.75, 3.05) is 31.5 Å². The van der Waals surface area contributed by atoms with Crippen LogP contribution >= 0.6 is 0 Å². The Morgan fingerprint density at radius 2 is 1.54 bits per heavy atom. The van der Waals surface area contributed by atoms with Gasteiger partial charge < -0.3 is 15.1 Å². The van der Waals surface area contributed by atoms with E-state index in [0.717, 1.165) is 19.3 Å². The molecule has 2 rings (SSSR count). The summed E-state index contributed by atoms with van der Waals surface area (Å²) in [4.78, 5) is 40.1. The van der Waals surface area contributed by atoms with E-state index in [-0.39, 0.29) is 23.6 Å². The van der Waals surface area contributed by atoms with E-state index in [0.29, 0.717) is 37.4 Å². The standard InChI is InChI=1S/C20H29N3O3/c1-4-16(5-2)19(25)22-11-6-12-23(14-13-22)20(26)17-7-9-18(10-8-17)21-15(3)24/h7-10,16H,4-6,11-14H2,1-3H3,(H,21,24). The lowest BCUT2D eigenvalue weighted by Crippen LogP contribution is -2.39. The third-order valence-electron chi connectivity index (χ3n) is 4.88. The highest BCUT2D eigenvalue weighted by Gasteiger charge is 2.25. The van der Waals surface area contributed by atoms with Crippen molar-refractivity contribution >= 4 is 23.4 Å². The summed E-state index contributed by atoms with van der Waals surface area (Å²) >= 11 is 0. The van der Waals surface area contributed by atoms with Gasteiger partial charge >= 0.3 is 0 Å². The average Bonchev–Trinajstić information content (AvgIpc) is 2.88. The summed E-state index contributed by atoms with van der Waals surface area (Å²) in [5.41, 5.74) is 1.27. The zero-order valence-electron chi connectivity index (χ0n) is 16.0. The highest BCUT2D eigenvalue weighted by Crippen LogP contribution is 2.16. The molecule has 26 heavy (non-hydrogen) atoms. The van der Waals surface area contributed by atoms with E-state index in [1.165, 1.54) is 6.92 Å². The van der Waals surface area contributed by atoms with Crippen LogP contribution in [0.4, 0.5) is 5.69 Å². The lowest BCUT2D eigenvalue weighted by Gasteiger charge is -2.25. The van der Waals surface area contributed by atoms with Crippen LogP contribution in [-0.2, 0) is 9.59 Å². The first-order valence-corrected chi connectivity index (χ1v) is 9.42. The SMILES string of the molecule is CCC(CC)C(=O)N1CCCN(C(=O)c2ccc(NC(C)=O)cc2)CC1. The van der Waals surface area contributed by atoms with Crippen LogP contribution in [0.1, 0.15) is 50.4 Å². The number of nitrogens with one attached hydrogen (secondary N) is 1. The topological polar surface area (TPSA) is 69.7 Å². The molecule has 1 aromatic rings. The zero-order valence-corrected chi connectivity index (χ0v) is 16.0. The van der Waals surface area contributed by atoms with Gasteiger partial charge in [0.25, 0.3) is 5.91 Å². The number of anilines is 1. The molecule has 142 valence electrons. The third-order valence-corrected chi connectivity index (χ3v) is 4.88. The fourth-order valence-corrected chi connectivity index (χ4v) is 3.32. The predicted octanol–water partition coefficient (Wildman–Crippen LogP) is 2.76. The molecular weight excluding hydrogens is 330 g/mol. The molecule has 1 aliphatic rings. The van der Waals surface area contributed by atoms with Gasteiger partial charge in [0, 0.05) is 50.3 Å². The lowest BCUT2D eigenvalue weighted by atomic mass is 10.0. The number of nitrogens with zero attached hydrogens (tertiary/aromatic N) is 2. The molecule has 0 atom stereocenters. The van der Waals surface area contributed by atoms with Crippen molar-refractivity contribution < 1.29 is 14.4 Å². The van der Waals surface area contributed by atoms with Gasteiger partial charge in [-0.1, -0.05) is 13.8 Å². The minimum Gasteiger partial charge on any atom is -0.341 e. The number of carbonyl (C=O) groups excluding carboxylic acids is 3. The summed E-state index contributed by atoms with van der Waals surface area (Å²) in [7, 11) is 0. The molecule has 0 radical (unpaired) electrons. The highest BCUT2D eigenvalue weighted by molar-refractivity contribution is 5.95. The fraction of sp³-hybridized carbons (Fsp3) is 0.550. The number of hydrogen-bond acceptors (Lipinski definition) is 3. The largest absolute Gasteiger partial charge is 0.341 e. The molecule has 0 spiro atoms. The van der Waals surface area contributed by atoms with Crippen LogP contribution in [0.5, 0.6) is 0 Å². The number of benzene rings is 1. The summed E-state index contributed by atoms with van der Waals surface area (Å²) in [6.45, 7) is 8.04. The average molecular weight is 359 g/mol. The molecule has 1 aromatic carbocycles. The van der Waals surface area contributed by atoms with Gasteiger partial charge in [0.15, 0.2) is 0 Å². The molecular formula is C20H29N3O3. The minimum absolute atomic E-state index is 0.0313. The Bertz CT molecular complexity index is 638. The van der Waals surface area contributed by atoms with Gasteiger partial charge in [0.05, 0.1) is 0 Å². The first-order valence-electron chi connectivity index (χ1n) is 9.42. The van der Waals surface area contributed by atoms with Crippen molar-refractivity contribution in [3.05, 3.63) is 29.8 Å². The first kappa shape index (κ1) is 19.9. The van der Waals surface area contributed by atoms with Crippen LogP contribution in [-0.4, -0.2) is 53.7 Å². The van der Waals surface area contributed by atoms with Crippen LogP contribution in [0.2, 0.25) is 0 Å². The summed E-state index contributed by atoms with van der Waals surface area (Å²) in [5, 5.41) is 2.69. The van der Waals surface area contributed by atoms with Crippen molar-refractivity contribution in [1.82, 2.24) is 9.80 Å². The number of rotatable bonds is 5. The van der Waals surface area contributed by atoms with E-state index in [2.05, 4.69) is 5.32 Å². The normalized spacial score (nSPS) is 14.9. The van der Waals surface area contributed by atoms with Gasteiger partial charge in [-0.25, -0.2) is 0 Å². The van der Waals surface area contributed by atoms with Gasteiger partial charge in [-0.2, -0.15) is 0 Å². The maximum Gasteiger partial charge on any atom is 0.253 e. The minimum atomic E-state index is -0.140. The molecule has 1 fully saturated rings. The monoisotopic (exact) mass is 359 g/mol. The van der Waals surface area contributed by atoms with Crippen LogP contribution in [0.15, 0.2) is 24.3 Å². The Labute approximate surface area is 155 Å². The van der Waals surface area contributed by atoms with Crippen LogP contribution < -0.4 is 5.32 Å². The quantitative estimate of drug-likeness (QED) is 0.879. The van der Waals surface area contributed by atoms with Crippen molar-refractivity contribution in [2.24, 2.45) is 5.92 Å². The number of carbonyl (C=O) groups is 3. The Morgan fingerprint density at radius 1 is 0.962 bits per heavy atom. The van der Waals surface area contributed by atoms with Crippen LogP contribution in [0.25, 0.3) is 0 Å². The van der Waals surface area contributed by atoms with Crippen LogP contribution in [0.3, 0.4) is 0 Å². The van der Waals surface area contributed by atoms with Gasteiger partial charge in [-0.15, -0.1) is 0 Å². The highest BCUT2D eigenvalue weighted by atomic mass is 16.2. The van der Waals surface area contributed by atoms with Gasteiger partial charge in [-0.3, -0.25) is 14.4 Å². The third kappa shape index (κ3) is 5.07. The molecule has 0 aliphatic carbocycles. The predicted molar refractivity (Wildman–Crippen MR) is 102 cm³/mol. The summed E-state index contributed by atoms with van der Waals surface area (Å²) in [6.07, 6.45) is 2.51. The second kappa shape index (κ2) is 9.36. The van der Waals surface area contributed by atoms with E-state index >= 15 is 0 Å². The number of hydrogen-bond donors (Lipinski definition) is 1. The van der Waals surface area contributed by atoms with E-state index in [1.54, 1.807) is 24.3 Å². The summed E-state index contributed by atoms with van der Waals surface area (Å²) < 4.78 is 0. The van der Waals surface area contributed by atoms with Crippen molar-refractivity contribution in [3.63, 3.8) is 0 Å². The van der Waals surface area contributed by atoms with E-state index < -0.39 is 0 Å². The smallest absolute Gasteiger partial charge is 0.253 e.